The second-order valence-corrected chi connectivity index (χ2v) is 8.76. The number of aromatic nitrogens is 4. The summed E-state index contributed by atoms with van der Waals surface area (Å²) in [5, 5.41) is 15.7. The standard InChI is InChI=1S/C25H34N8.HI/c1-18-10-11-23(26-16-18)33-14-12-22(13-15-33)29-25(27-17-24-31-30-20(3)32(24)4)28-19(2)21-8-6-5-7-9-21;/h5-11,16,19,22H,12-15,17H2,1-4H3,(H2,27,28,29);1H. The molecule has 34 heavy (non-hydrogen) atoms. The third kappa shape index (κ3) is 6.68. The van der Waals surface area contributed by atoms with E-state index in [4.69, 9.17) is 4.99 Å². The van der Waals surface area contributed by atoms with Crippen LogP contribution in [0.25, 0.3) is 0 Å². The van der Waals surface area contributed by atoms with Crippen molar-refractivity contribution in [2.75, 3.05) is 18.0 Å². The van der Waals surface area contributed by atoms with E-state index in [1.807, 2.05) is 30.8 Å². The molecule has 1 aliphatic heterocycles. The summed E-state index contributed by atoms with van der Waals surface area (Å²) >= 11 is 0. The van der Waals surface area contributed by atoms with Crippen LogP contribution in [0.5, 0.6) is 0 Å². The van der Waals surface area contributed by atoms with Crippen LogP contribution in [0.4, 0.5) is 5.82 Å². The van der Waals surface area contributed by atoms with Gasteiger partial charge in [-0.3, -0.25) is 0 Å². The number of hydrogen-bond donors (Lipinski definition) is 2. The van der Waals surface area contributed by atoms with Gasteiger partial charge in [0.2, 0.25) is 0 Å². The smallest absolute Gasteiger partial charge is 0.192 e. The van der Waals surface area contributed by atoms with Gasteiger partial charge in [-0.25, -0.2) is 9.98 Å². The van der Waals surface area contributed by atoms with Gasteiger partial charge in [0, 0.05) is 32.4 Å². The predicted octanol–water partition coefficient (Wildman–Crippen LogP) is 3.91. The van der Waals surface area contributed by atoms with E-state index in [-0.39, 0.29) is 30.0 Å². The van der Waals surface area contributed by atoms with Gasteiger partial charge in [0.15, 0.2) is 11.8 Å². The Bertz CT molecular complexity index is 1060. The van der Waals surface area contributed by atoms with Crippen LogP contribution in [0.3, 0.4) is 0 Å². The minimum atomic E-state index is 0. The van der Waals surface area contributed by atoms with Crippen molar-refractivity contribution >= 4 is 35.8 Å². The molecule has 0 amide bonds. The Hall–Kier alpha value is -2.69. The summed E-state index contributed by atoms with van der Waals surface area (Å²) < 4.78 is 1.98. The number of piperidine rings is 1. The molecular weight excluding hydrogens is 539 g/mol. The number of halogens is 1. The first-order valence-electron chi connectivity index (χ1n) is 11.6. The van der Waals surface area contributed by atoms with Crippen molar-refractivity contribution < 1.29 is 0 Å². The molecule has 8 nitrogen and oxygen atoms in total. The molecule has 2 aromatic heterocycles. The number of nitrogens with zero attached hydrogens (tertiary/aromatic N) is 6. The molecule has 9 heteroatoms. The van der Waals surface area contributed by atoms with E-state index in [0.29, 0.717) is 12.6 Å². The first-order valence-corrected chi connectivity index (χ1v) is 11.6. The summed E-state index contributed by atoms with van der Waals surface area (Å²) in [5.41, 5.74) is 2.41. The molecule has 182 valence electrons. The zero-order valence-electron chi connectivity index (χ0n) is 20.4. The van der Waals surface area contributed by atoms with Gasteiger partial charge in [0.1, 0.15) is 18.2 Å². The summed E-state index contributed by atoms with van der Waals surface area (Å²) in [5.74, 6) is 3.60. The maximum atomic E-state index is 4.86. The van der Waals surface area contributed by atoms with Crippen molar-refractivity contribution in [3.8, 4) is 0 Å². The second kappa shape index (κ2) is 12.1. The van der Waals surface area contributed by atoms with Crippen LogP contribution in [0.15, 0.2) is 53.7 Å². The van der Waals surface area contributed by atoms with Crippen molar-refractivity contribution in [1.82, 2.24) is 30.4 Å². The van der Waals surface area contributed by atoms with Crippen LogP contribution >= 0.6 is 24.0 Å². The molecule has 1 aliphatic rings. The number of benzene rings is 1. The van der Waals surface area contributed by atoms with E-state index in [2.05, 4.69) is 81.0 Å². The molecule has 1 atom stereocenters. The average molecular weight is 575 g/mol. The lowest BCUT2D eigenvalue weighted by Gasteiger charge is -2.34. The zero-order valence-corrected chi connectivity index (χ0v) is 22.7. The van der Waals surface area contributed by atoms with Crippen LogP contribution in [-0.2, 0) is 13.6 Å². The maximum Gasteiger partial charge on any atom is 0.192 e. The Labute approximate surface area is 219 Å². The highest BCUT2D eigenvalue weighted by Gasteiger charge is 2.22. The zero-order chi connectivity index (χ0) is 23.2. The van der Waals surface area contributed by atoms with E-state index >= 15 is 0 Å². The molecule has 1 fully saturated rings. The Kier molecular flexibility index (Phi) is 9.26. The molecule has 4 rings (SSSR count). The molecule has 1 saturated heterocycles. The van der Waals surface area contributed by atoms with Crippen molar-refractivity contribution in [1.29, 1.82) is 0 Å². The fraction of sp³-hybridized carbons (Fsp3) is 0.440. The Morgan fingerprint density at radius 2 is 1.82 bits per heavy atom. The molecule has 0 radical (unpaired) electrons. The predicted molar refractivity (Wildman–Crippen MR) is 148 cm³/mol. The summed E-state index contributed by atoms with van der Waals surface area (Å²) in [6, 6.07) is 15.2. The highest BCUT2D eigenvalue weighted by atomic mass is 127. The Balaban J connectivity index is 0.00000324. The summed E-state index contributed by atoms with van der Waals surface area (Å²) in [6.45, 7) is 8.59. The SMILES string of the molecule is Cc1ccc(N2CCC(NC(=NCc3nnc(C)n3C)NC(C)c3ccccc3)CC2)nc1.I. The molecule has 1 aromatic carbocycles. The van der Waals surface area contributed by atoms with Crippen molar-refractivity contribution in [2.45, 2.75) is 52.2 Å². The largest absolute Gasteiger partial charge is 0.356 e. The van der Waals surface area contributed by atoms with Gasteiger partial charge >= 0.3 is 0 Å². The molecule has 0 spiro atoms. The lowest BCUT2D eigenvalue weighted by atomic mass is 10.0. The third-order valence-electron chi connectivity index (χ3n) is 6.27. The lowest BCUT2D eigenvalue weighted by Crippen LogP contribution is -2.49. The topological polar surface area (TPSA) is 83.3 Å². The Morgan fingerprint density at radius 1 is 1.09 bits per heavy atom. The first-order chi connectivity index (χ1) is 16.0. The van der Waals surface area contributed by atoms with Crippen molar-refractivity contribution in [3.05, 3.63) is 71.4 Å². The van der Waals surface area contributed by atoms with E-state index in [9.17, 15) is 0 Å². The van der Waals surface area contributed by atoms with E-state index in [0.717, 1.165) is 49.4 Å². The fourth-order valence-electron chi connectivity index (χ4n) is 3.99. The molecule has 3 aromatic rings. The van der Waals surface area contributed by atoms with Crippen LogP contribution in [-0.4, -0.2) is 44.8 Å². The molecule has 0 aliphatic carbocycles. The number of guanidine groups is 1. The summed E-state index contributed by atoms with van der Waals surface area (Å²) in [4.78, 5) is 11.8. The maximum absolute atomic E-state index is 4.86. The normalized spacial score (nSPS) is 15.5. The first kappa shape index (κ1) is 25.9. The average Bonchev–Trinajstić information content (AvgIpc) is 3.16. The third-order valence-corrected chi connectivity index (χ3v) is 6.27. The summed E-state index contributed by atoms with van der Waals surface area (Å²) in [7, 11) is 1.97. The van der Waals surface area contributed by atoms with Gasteiger partial charge in [-0.1, -0.05) is 36.4 Å². The van der Waals surface area contributed by atoms with Crippen LogP contribution in [0.1, 0.15) is 48.6 Å². The molecular formula is C25H35IN8. The highest BCUT2D eigenvalue weighted by molar-refractivity contribution is 14.0. The summed E-state index contributed by atoms with van der Waals surface area (Å²) in [6.07, 6.45) is 3.99. The number of aliphatic imine (C=N–C) groups is 1. The van der Waals surface area contributed by atoms with Gasteiger partial charge < -0.3 is 20.1 Å². The monoisotopic (exact) mass is 574 g/mol. The van der Waals surface area contributed by atoms with Crippen LogP contribution < -0.4 is 15.5 Å². The molecule has 0 bridgehead atoms. The number of nitrogens with one attached hydrogen (secondary N) is 2. The number of anilines is 1. The number of rotatable bonds is 6. The van der Waals surface area contributed by atoms with Gasteiger partial charge in [-0.05, 0) is 50.8 Å². The van der Waals surface area contributed by atoms with E-state index in [1.165, 1.54) is 11.1 Å². The van der Waals surface area contributed by atoms with Gasteiger partial charge in [0.05, 0.1) is 6.04 Å². The van der Waals surface area contributed by atoms with Crippen molar-refractivity contribution in [3.63, 3.8) is 0 Å². The van der Waals surface area contributed by atoms with Crippen molar-refractivity contribution in [2.24, 2.45) is 12.0 Å². The number of pyridine rings is 1. The fourth-order valence-corrected chi connectivity index (χ4v) is 3.99. The molecule has 0 saturated carbocycles. The lowest BCUT2D eigenvalue weighted by molar-refractivity contribution is 0.456. The van der Waals surface area contributed by atoms with Crippen LogP contribution in [0.2, 0.25) is 0 Å². The van der Waals surface area contributed by atoms with Gasteiger partial charge in [0.25, 0.3) is 0 Å². The minimum Gasteiger partial charge on any atom is -0.356 e. The Morgan fingerprint density at radius 3 is 2.44 bits per heavy atom. The minimum absolute atomic E-state index is 0. The second-order valence-electron chi connectivity index (χ2n) is 8.76. The van der Waals surface area contributed by atoms with Crippen LogP contribution in [0, 0.1) is 13.8 Å². The molecule has 2 N–H and O–H groups in total. The van der Waals surface area contributed by atoms with E-state index in [1.54, 1.807) is 0 Å². The number of hydrogen-bond acceptors (Lipinski definition) is 5. The van der Waals surface area contributed by atoms with E-state index < -0.39 is 0 Å². The number of aryl methyl sites for hydroxylation is 2. The molecule has 3 heterocycles. The van der Waals surface area contributed by atoms with Gasteiger partial charge in [-0.2, -0.15) is 0 Å². The highest BCUT2D eigenvalue weighted by Crippen LogP contribution is 2.18. The quantitative estimate of drug-likeness (QED) is 0.264. The molecule has 1 unspecified atom stereocenters. The van der Waals surface area contributed by atoms with Gasteiger partial charge in [-0.15, -0.1) is 34.2 Å².